The lowest BCUT2D eigenvalue weighted by Crippen LogP contribution is -2.02. The first-order valence-electron chi connectivity index (χ1n) is 4.87. The van der Waals surface area contributed by atoms with Crippen LogP contribution in [-0.4, -0.2) is 11.5 Å². The third-order valence-electron chi connectivity index (χ3n) is 2.00. The second-order valence-electron chi connectivity index (χ2n) is 3.46. The molecule has 13 heavy (non-hydrogen) atoms. The molecule has 2 nitrogen and oxygen atoms in total. The molecule has 1 aromatic rings. The Hall–Kier alpha value is -0.410. The van der Waals surface area contributed by atoms with E-state index >= 15 is 0 Å². The number of rotatable bonds is 4. The molecule has 0 radical (unpaired) electrons. The third-order valence-corrected chi connectivity index (χ3v) is 3.27. The molecule has 74 valence electrons. The van der Waals surface area contributed by atoms with E-state index in [1.807, 2.05) is 11.3 Å². The summed E-state index contributed by atoms with van der Waals surface area (Å²) in [7, 11) is 0. The van der Waals surface area contributed by atoms with Crippen LogP contribution in [-0.2, 0) is 12.8 Å². The highest BCUT2D eigenvalue weighted by atomic mass is 32.1. The van der Waals surface area contributed by atoms with Crippen molar-refractivity contribution in [2.24, 2.45) is 5.73 Å². The number of hydrogen-bond acceptors (Lipinski definition) is 3. The molecule has 0 unspecified atom stereocenters. The van der Waals surface area contributed by atoms with Gasteiger partial charge in [-0.1, -0.05) is 20.8 Å². The largest absolute Gasteiger partial charge is 0.330 e. The van der Waals surface area contributed by atoms with Gasteiger partial charge in [0.15, 0.2) is 0 Å². The van der Waals surface area contributed by atoms with Crippen LogP contribution in [0.3, 0.4) is 0 Å². The molecule has 0 aliphatic rings. The summed E-state index contributed by atoms with van der Waals surface area (Å²) in [5.74, 6) is 0.540. The molecule has 1 heterocycles. The lowest BCUT2D eigenvalue weighted by molar-refractivity contribution is 0.803. The summed E-state index contributed by atoms with van der Waals surface area (Å²) >= 11 is 1.82. The topological polar surface area (TPSA) is 38.9 Å². The lowest BCUT2D eigenvalue weighted by atomic mass is 10.1. The summed E-state index contributed by atoms with van der Waals surface area (Å²) in [5, 5.41) is 1.20. The molecule has 0 amide bonds. The fourth-order valence-electron chi connectivity index (χ4n) is 1.35. The Balaban J connectivity index is 2.90. The maximum absolute atomic E-state index is 5.50. The second kappa shape index (κ2) is 4.72. The van der Waals surface area contributed by atoms with Crippen molar-refractivity contribution in [3.8, 4) is 0 Å². The molecule has 0 spiro atoms. The van der Waals surface area contributed by atoms with Crippen LogP contribution in [0.15, 0.2) is 0 Å². The minimum Gasteiger partial charge on any atom is -0.330 e. The second-order valence-corrected chi connectivity index (χ2v) is 4.63. The average molecular weight is 198 g/mol. The first-order chi connectivity index (χ1) is 6.19. The van der Waals surface area contributed by atoms with Gasteiger partial charge < -0.3 is 5.73 Å². The van der Waals surface area contributed by atoms with Crippen molar-refractivity contribution >= 4 is 11.3 Å². The molecule has 0 bridgehead atoms. The molecule has 0 saturated heterocycles. The van der Waals surface area contributed by atoms with E-state index in [1.54, 1.807) is 0 Å². The SMILES string of the molecule is CCc1sc(CCN)nc1C(C)C. The number of hydrogen-bond donors (Lipinski definition) is 1. The zero-order chi connectivity index (χ0) is 9.84. The molecule has 0 saturated carbocycles. The number of nitrogens with zero attached hydrogens (tertiary/aromatic N) is 1. The monoisotopic (exact) mass is 198 g/mol. The summed E-state index contributed by atoms with van der Waals surface area (Å²) in [6.07, 6.45) is 2.01. The number of nitrogens with two attached hydrogens (primary N) is 1. The van der Waals surface area contributed by atoms with E-state index in [4.69, 9.17) is 5.73 Å². The van der Waals surface area contributed by atoms with Gasteiger partial charge in [-0.3, -0.25) is 0 Å². The maximum atomic E-state index is 5.50. The van der Waals surface area contributed by atoms with Crippen LogP contribution in [0, 0.1) is 0 Å². The minimum absolute atomic E-state index is 0.540. The predicted molar refractivity (Wildman–Crippen MR) is 58.3 cm³/mol. The van der Waals surface area contributed by atoms with Crippen molar-refractivity contribution in [3.63, 3.8) is 0 Å². The molecule has 0 aromatic carbocycles. The van der Waals surface area contributed by atoms with Gasteiger partial charge in [0.2, 0.25) is 0 Å². The molecule has 3 heteroatoms. The smallest absolute Gasteiger partial charge is 0.0943 e. The van der Waals surface area contributed by atoms with Gasteiger partial charge in [0.1, 0.15) is 0 Å². The van der Waals surface area contributed by atoms with Gasteiger partial charge in [-0.2, -0.15) is 0 Å². The van der Waals surface area contributed by atoms with Crippen LogP contribution in [0.1, 0.15) is 42.3 Å². The molecule has 1 aromatic heterocycles. The van der Waals surface area contributed by atoms with Crippen LogP contribution in [0.5, 0.6) is 0 Å². The molecule has 1 rings (SSSR count). The molecular weight excluding hydrogens is 180 g/mol. The van der Waals surface area contributed by atoms with E-state index < -0.39 is 0 Å². The normalized spacial score (nSPS) is 11.2. The van der Waals surface area contributed by atoms with Gasteiger partial charge in [-0.05, 0) is 18.9 Å². The summed E-state index contributed by atoms with van der Waals surface area (Å²) in [6, 6.07) is 0. The minimum atomic E-state index is 0.540. The van der Waals surface area contributed by atoms with Gasteiger partial charge in [0.25, 0.3) is 0 Å². The zero-order valence-corrected chi connectivity index (χ0v) is 9.45. The highest BCUT2D eigenvalue weighted by Crippen LogP contribution is 2.25. The lowest BCUT2D eigenvalue weighted by Gasteiger charge is -2.01. The van der Waals surface area contributed by atoms with Crippen molar-refractivity contribution in [2.45, 2.75) is 39.5 Å². The average Bonchev–Trinajstić information content (AvgIpc) is 2.48. The van der Waals surface area contributed by atoms with E-state index in [1.165, 1.54) is 15.6 Å². The van der Waals surface area contributed by atoms with E-state index in [-0.39, 0.29) is 0 Å². The molecule has 0 aliphatic heterocycles. The Morgan fingerprint density at radius 1 is 1.46 bits per heavy atom. The standard InChI is InChI=1S/C10H18N2S/c1-4-8-10(7(2)3)12-9(13-8)5-6-11/h7H,4-6,11H2,1-3H3. The van der Waals surface area contributed by atoms with Crippen molar-refractivity contribution in [3.05, 3.63) is 15.6 Å². The fourth-order valence-corrected chi connectivity index (χ4v) is 2.53. The first-order valence-corrected chi connectivity index (χ1v) is 5.69. The Bertz CT molecular complexity index is 266. The Morgan fingerprint density at radius 3 is 2.54 bits per heavy atom. The van der Waals surface area contributed by atoms with Gasteiger partial charge in [0.05, 0.1) is 10.7 Å². The summed E-state index contributed by atoms with van der Waals surface area (Å²) in [5.41, 5.74) is 6.78. The van der Waals surface area contributed by atoms with Crippen LogP contribution in [0.4, 0.5) is 0 Å². The van der Waals surface area contributed by atoms with Crippen molar-refractivity contribution in [1.29, 1.82) is 0 Å². The highest BCUT2D eigenvalue weighted by molar-refractivity contribution is 7.11. The molecule has 0 fully saturated rings. The Kier molecular flexibility index (Phi) is 3.88. The molecular formula is C10H18N2S. The van der Waals surface area contributed by atoms with Crippen molar-refractivity contribution in [2.75, 3.05) is 6.54 Å². The highest BCUT2D eigenvalue weighted by Gasteiger charge is 2.11. The summed E-state index contributed by atoms with van der Waals surface area (Å²) in [6.45, 7) is 7.28. The maximum Gasteiger partial charge on any atom is 0.0943 e. The van der Waals surface area contributed by atoms with E-state index in [9.17, 15) is 0 Å². The summed E-state index contributed by atoms with van der Waals surface area (Å²) in [4.78, 5) is 6.04. The summed E-state index contributed by atoms with van der Waals surface area (Å²) < 4.78 is 0. The number of aromatic nitrogens is 1. The zero-order valence-electron chi connectivity index (χ0n) is 8.63. The van der Waals surface area contributed by atoms with Crippen molar-refractivity contribution < 1.29 is 0 Å². The predicted octanol–water partition coefficient (Wildman–Crippen LogP) is 2.33. The van der Waals surface area contributed by atoms with Gasteiger partial charge in [-0.25, -0.2) is 4.98 Å². The van der Waals surface area contributed by atoms with E-state index in [0.29, 0.717) is 12.5 Å². The van der Waals surface area contributed by atoms with Crippen LogP contribution in [0.2, 0.25) is 0 Å². The number of thiazole rings is 1. The van der Waals surface area contributed by atoms with E-state index in [2.05, 4.69) is 25.8 Å². The van der Waals surface area contributed by atoms with E-state index in [0.717, 1.165) is 12.8 Å². The molecule has 0 aliphatic carbocycles. The third kappa shape index (κ3) is 2.51. The number of aryl methyl sites for hydroxylation is 1. The van der Waals surface area contributed by atoms with Crippen LogP contribution in [0.25, 0.3) is 0 Å². The quantitative estimate of drug-likeness (QED) is 0.806. The Morgan fingerprint density at radius 2 is 2.15 bits per heavy atom. The van der Waals surface area contributed by atoms with Gasteiger partial charge in [0, 0.05) is 11.3 Å². The molecule has 2 N–H and O–H groups in total. The van der Waals surface area contributed by atoms with Crippen molar-refractivity contribution in [1.82, 2.24) is 4.98 Å². The van der Waals surface area contributed by atoms with Crippen LogP contribution < -0.4 is 5.73 Å². The fraction of sp³-hybridized carbons (Fsp3) is 0.700. The molecule has 0 atom stereocenters. The van der Waals surface area contributed by atoms with Crippen LogP contribution >= 0.6 is 11.3 Å². The van der Waals surface area contributed by atoms with Gasteiger partial charge in [-0.15, -0.1) is 11.3 Å². The Labute approximate surface area is 84.2 Å². The van der Waals surface area contributed by atoms with Gasteiger partial charge >= 0.3 is 0 Å². The first kappa shape index (κ1) is 10.7.